The van der Waals surface area contributed by atoms with Crippen molar-refractivity contribution in [2.75, 3.05) is 132 Å². The van der Waals surface area contributed by atoms with Crippen molar-refractivity contribution in [1.82, 2.24) is 0 Å². The summed E-state index contributed by atoms with van der Waals surface area (Å²) in [6.07, 6.45) is 0. The minimum absolute atomic E-state index is 0.211. The van der Waals surface area contributed by atoms with Crippen LogP contribution in [0.25, 0.3) is 0 Å². The summed E-state index contributed by atoms with van der Waals surface area (Å²) in [7, 11) is 0. The Morgan fingerprint density at radius 1 is 0.156 bits per heavy atom. The molecule has 0 unspecified atom stereocenters. The molecule has 0 bridgehead atoms. The first-order valence-electron chi connectivity index (χ1n) is 29.3. The number of carbonyl (C=O) groups is 10. The molecular weight excluding hydrogens is 1200 g/mol. The minimum atomic E-state index is -0.211. The summed E-state index contributed by atoms with van der Waals surface area (Å²) < 4.78 is 44.0. The van der Waals surface area contributed by atoms with E-state index in [2.05, 4.69) is 47.4 Å². The van der Waals surface area contributed by atoms with E-state index in [9.17, 15) is 47.9 Å². The Labute approximate surface area is 544 Å². The van der Waals surface area contributed by atoms with E-state index in [0.29, 0.717) is 66.1 Å². The lowest BCUT2D eigenvalue weighted by Crippen LogP contribution is -1.95. The smallest absolute Gasteiger partial charge is 0.302 e. The van der Waals surface area contributed by atoms with E-state index < -0.39 is 0 Å². The van der Waals surface area contributed by atoms with Gasteiger partial charge in [0.05, 0.1) is 66.1 Å². The van der Waals surface area contributed by atoms with Gasteiger partial charge in [-0.2, -0.15) is 0 Å². The number of rotatable bonds is 10. The molecule has 0 radical (unpaired) electrons. The third kappa shape index (κ3) is 921. The van der Waals surface area contributed by atoms with Crippen LogP contribution in [0.1, 0.15) is 208 Å². The topological polar surface area (TPSA) is 465 Å². The number of carbonyl (C=O) groups excluding carboxylic acids is 10. The predicted molar refractivity (Wildman–Crippen MR) is 351 cm³/mol. The van der Waals surface area contributed by atoms with Crippen molar-refractivity contribution in [3.05, 3.63) is 0 Å². The number of aliphatic hydroxyl groups is 10. The van der Waals surface area contributed by atoms with Crippen molar-refractivity contribution in [2.45, 2.75) is 208 Å². The standard InChI is InChI=1S/10C4H8O2.10C2H6O/c10*1-3-6-4(2)5;10*1-2-3/h10*3H2,1-2H3;10*3H,2H2,1H3. The highest BCUT2D eigenvalue weighted by Crippen LogP contribution is 1.74. The quantitative estimate of drug-likeness (QED) is 0.0928. The molecule has 0 saturated carbocycles. The van der Waals surface area contributed by atoms with E-state index in [1.165, 1.54) is 69.2 Å². The molecule has 30 heteroatoms. The molecule has 0 spiro atoms. The number of hydrogen-bond acceptors (Lipinski definition) is 30. The molecule has 10 N–H and O–H groups in total. The van der Waals surface area contributed by atoms with Crippen molar-refractivity contribution in [3.8, 4) is 0 Å². The molecular formula is C60H140O30. The fraction of sp³-hybridized carbons (Fsp3) is 0.833. The molecule has 0 amide bonds. The Kier molecular flexibility index (Phi) is 301. The van der Waals surface area contributed by atoms with Gasteiger partial charge in [-0.3, -0.25) is 47.9 Å². The number of aliphatic hydroxyl groups excluding tert-OH is 10. The number of esters is 10. The van der Waals surface area contributed by atoms with E-state index >= 15 is 0 Å². The monoisotopic (exact) mass is 1340 g/mol. The molecule has 30 nitrogen and oxygen atoms in total. The maximum absolute atomic E-state index is 9.82. The molecule has 0 rings (SSSR count). The van der Waals surface area contributed by atoms with Gasteiger partial charge in [-0.05, 0) is 138 Å². The van der Waals surface area contributed by atoms with Crippen LogP contribution in [0.4, 0.5) is 0 Å². The van der Waals surface area contributed by atoms with Gasteiger partial charge in [-0.25, -0.2) is 0 Å². The van der Waals surface area contributed by atoms with Crippen molar-refractivity contribution >= 4 is 59.7 Å². The average Bonchev–Trinajstić information content (AvgIpc) is 3.38. The lowest BCUT2D eigenvalue weighted by Gasteiger charge is -1.89. The van der Waals surface area contributed by atoms with Gasteiger partial charge >= 0.3 is 59.7 Å². The lowest BCUT2D eigenvalue weighted by molar-refractivity contribution is -0.141. The Hall–Kier alpha value is -5.70. The zero-order valence-corrected chi connectivity index (χ0v) is 61.8. The first-order valence-corrected chi connectivity index (χ1v) is 29.3. The number of ether oxygens (including phenoxy) is 10. The molecule has 90 heavy (non-hydrogen) atoms. The fourth-order valence-electron chi connectivity index (χ4n) is 2.03. The van der Waals surface area contributed by atoms with E-state index in [-0.39, 0.29) is 126 Å². The second kappa shape index (κ2) is 191. The van der Waals surface area contributed by atoms with Crippen LogP contribution in [-0.2, 0) is 95.3 Å². The van der Waals surface area contributed by atoms with Crippen molar-refractivity contribution < 1.29 is 146 Å². The van der Waals surface area contributed by atoms with Gasteiger partial charge in [0.2, 0.25) is 0 Å². The zero-order chi connectivity index (χ0) is 77.0. The zero-order valence-electron chi connectivity index (χ0n) is 61.8. The Morgan fingerprint density at radius 2 is 0.189 bits per heavy atom. The van der Waals surface area contributed by atoms with Crippen LogP contribution >= 0.6 is 0 Å². The highest BCUT2D eigenvalue weighted by Gasteiger charge is 1.86. The van der Waals surface area contributed by atoms with E-state index in [0.717, 1.165) is 0 Å². The van der Waals surface area contributed by atoms with Crippen LogP contribution in [-0.4, -0.2) is 243 Å². The summed E-state index contributed by atoms with van der Waals surface area (Å²) in [6.45, 7) is 55.8. The molecule has 0 saturated heterocycles. The minimum Gasteiger partial charge on any atom is -0.466 e. The van der Waals surface area contributed by atoms with Gasteiger partial charge in [0.25, 0.3) is 0 Å². The average molecular weight is 1340 g/mol. The second-order valence-corrected chi connectivity index (χ2v) is 12.4. The van der Waals surface area contributed by atoms with Crippen LogP contribution < -0.4 is 0 Å². The predicted octanol–water partition coefficient (Wildman–Crippen LogP) is 5.68. The summed E-state index contributed by atoms with van der Waals surface area (Å²) in [5.41, 5.74) is 0. The van der Waals surface area contributed by atoms with Crippen LogP contribution in [0.3, 0.4) is 0 Å². The summed E-state index contributed by atoms with van der Waals surface area (Å²) in [4.78, 5) is 98.2. The molecule has 0 heterocycles. The maximum Gasteiger partial charge on any atom is 0.302 e. The van der Waals surface area contributed by atoms with Crippen molar-refractivity contribution in [2.24, 2.45) is 0 Å². The third-order valence-electron chi connectivity index (χ3n) is 3.48. The fourth-order valence-corrected chi connectivity index (χ4v) is 2.03. The van der Waals surface area contributed by atoms with Gasteiger partial charge in [0, 0.05) is 135 Å². The Balaban J connectivity index is -0.0000000321. The lowest BCUT2D eigenvalue weighted by atomic mass is 10.8. The third-order valence-corrected chi connectivity index (χ3v) is 3.48. The van der Waals surface area contributed by atoms with Crippen molar-refractivity contribution in [1.29, 1.82) is 0 Å². The summed E-state index contributed by atoms with van der Waals surface area (Å²) in [5, 5.41) is 75.7. The van der Waals surface area contributed by atoms with Crippen LogP contribution in [0.2, 0.25) is 0 Å². The molecule has 0 aromatic rings. The Morgan fingerprint density at radius 3 is 0.189 bits per heavy atom. The second-order valence-electron chi connectivity index (χ2n) is 12.4. The molecule has 560 valence electrons. The molecule has 0 aliphatic rings. The van der Waals surface area contributed by atoms with Gasteiger partial charge < -0.3 is 98.4 Å². The SMILES string of the molecule is CCO.CCO.CCO.CCO.CCO.CCO.CCO.CCO.CCO.CCO.CCOC(C)=O.CCOC(C)=O.CCOC(C)=O.CCOC(C)=O.CCOC(C)=O.CCOC(C)=O.CCOC(C)=O.CCOC(C)=O.CCOC(C)=O.CCOC(C)=O. The Bertz CT molecular complexity index is 912. The van der Waals surface area contributed by atoms with Crippen LogP contribution in [0, 0.1) is 0 Å². The molecule has 0 atom stereocenters. The molecule has 0 fully saturated rings. The maximum atomic E-state index is 9.82. The van der Waals surface area contributed by atoms with Gasteiger partial charge in [0.15, 0.2) is 0 Å². The number of hydrogen-bond donors (Lipinski definition) is 10. The molecule has 0 aliphatic carbocycles. The van der Waals surface area contributed by atoms with Gasteiger partial charge in [0.1, 0.15) is 0 Å². The summed E-state index contributed by atoms with van der Waals surface area (Å²) >= 11 is 0. The highest BCUT2D eigenvalue weighted by molar-refractivity contribution is 5.68. The van der Waals surface area contributed by atoms with E-state index in [1.807, 2.05) is 0 Å². The first kappa shape index (κ1) is 141. The van der Waals surface area contributed by atoms with E-state index in [4.69, 9.17) is 51.1 Å². The van der Waals surface area contributed by atoms with Crippen LogP contribution in [0.5, 0.6) is 0 Å². The van der Waals surface area contributed by atoms with Crippen LogP contribution in [0.15, 0.2) is 0 Å². The largest absolute Gasteiger partial charge is 0.466 e. The van der Waals surface area contributed by atoms with Gasteiger partial charge in [-0.15, -0.1) is 0 Å². The molecule has 0 aromatic carbocycles. The van der Waals surface area contributed by atoms with Crippen molar-refractivity contribution in [3.63, 3.8) is 0 Å². The van der Waals surface area contributed by atoms with E-state index in [1.54, 1.807) is 138 Å². The normalized spacial score (nSPS) is 7.11. The summed E-state index contributed by atoms with van der Waals surface area (Å²) in [5.74, 6) is -2.11. The molecule has 0 aromatic heterocycles. The first-order chi connectivity index (χ1) is 41.8. The highest BCUT2D eigenvalue weighted by atomic mass is 16.6. The van der Waals surface area contributed by atoms with Gasteiger partial charge in [-0.1, -0.05) is 0 Å². The summed E-state index contributed by atoms with van der Waals surface area (Å²) in [6, 6.07) is 0. The molecule has 0 aliphatic heterocycles.